The lowest BCUT2D eigenvalue weighted by atomic mass is 9.72. The number of rotatable bonds is 12. The fourth-order valence-corrected chi connectivity index (χ4v) is 16.4. The third kappa shape index (κ3) is 14.1. The van der Waals surface area contributed by atoms with Crippen LogP contribution < -0.4 is 48.7 Å². The fraction of sp³-hybridized carbons (Fsp3) is 0.625. The van der Waals surface area contributed by atoms with E-state index in [0.29, 0.717) is 41.1 Å². The average Bonchev–Trinajstić information content (AvgIpc) is 1.52. The summed E-state index contributed by atoms with van der Waals surface area (Å²) in [6, 6.07) is -1.83. The molecule has 4 fully saturated rings. The fourth-order valence-electron chi connectivity index (χ4n) is 13.3. The minimum atomic E-state index is -1.52. The van der Waals surface area contributed by atoms with E-state index in [1.807, 2.05) is 18.2 Å². The molecule has 480 valence electrons. The number of hydrogen-bond acceptors (Lipinski definition) is 15. The highest BCUT2D eigenvalue weighted by Gasteiger charge is 2.61. The molecule has 5 aliphatic heterocycles. The molecular formula is C64H91N11O11S2. The van der Waals surface area contributed by atoms with Gasteiger partial charge < -0.3 is 63.6 Å². The van der Waals surface area contributed by atoms with Crippen LogP contribution in [0.2, 0.25) is 0 Å². The second-order valence-electron chi connectivity index (χ2n) is 25.8. The molecule has 0 unspecified atom stereocenters. The third-order valence-electron chi connectivity index (χ3n) is 18.5. The predicted octanol–water partition coefficient (Wildman–Crippen LogP) is 2.58. The number of nitrogens with one attached hydrogen (secondary N) is 7. The Morgan fingerprint density at radius 3 is 1.48 bits per heavy atom. The second kappa shape index (κ2) is 28.7. The van der Waals surface area contributed by atoms with Crippen molar-refractivity contribution in [3.05, 3.63) is 80.2 Å². The number of benzene rings is 1. The van der Waals surface area contributed by atoms with Crippen molar-refractivity contribution in [3.63, 3.8) is 0 Å². The summed E-state index contributed by atoms with van der Waals surface area (Å²) in [6.07, 6.45) is 6.94. The Morgan fingerprint density at radius 2 is 0.977 bits per heavy atom. The smallest absolute Gasteiger partial charge is 0.258 e. The van der Waals surface area contributed by atoms with Gasteiger partial charge in [-0.1, -0.05) is 71.9 Å². The highest BCUT2D eigenvalue weighted by Crippen LogP contribution is 2.68. The van der Waals surface area contributed by atoms with E-state index in [4.69, 9.17) is 11.5 Å². The highest BCUT2D eigenvalue weighted by atomic mass is 32.2. The SMILES string of the molecule is CC(C)[C@@H]1NC(=O)C2=CC3=C4CCCC4=C4C=C(S[C@]4(C)[C@@]3(C)S2)C(=O)[C@H]2CCCN2C(=O)[C@H]([C@@H](C)O)NC(=O)[C@H](CCCN)NC(=O)[C@H](C(C)C)NC(=O)[C@@H]2CCCN2C(=O)[C@@H](Cc2ccccc2)NC(=O)[C@H](C(C)C)NC(=O)[C@H](CCCN)NC1=O. The number of aliphatic hydroxyl groups excluding tert-OH is 1. The van der Waals surface area contributed by atoms with Crippen LogP contribution in [-0.4, -0.2) is 170 Å². The molecule has 5 heterocycles. The van der Waals surface area contributed by atoms with Crippen molar-refractivity contribution in [2.24, 2.45) is 29.2 Å². The summed E-state index contributed by atoms with van der Waals surface area (Å²) in [4.78, 5) is 150. The first-order chi connectivity index (χ1) is 41.7. The predicted molar refractivity (Wildman–Crippen MR) is 337 cm³/mol. The van der Waals surface area contributed by atoms with E-state index < -0.39 is 141 Å². The van der Waals surface area contributed by atoms with Gasteiger partial charge in [0.05, 0.1) is 31.5 Å². The summed E-state index contributed by atoms with van der Waals surface area (Å²) in [7, 11) is 0. The van der Waals surface area contributed by atoms with E-state index in [9.17, 15) is 48.3 Å². The Bertz CT molecular complexity index is 3040. The molecule has 1 saturated carbocycles. The van der Waals surface area contributed by atoms with Crippen LogP contribution in [0.25, 0.3) is 0 Å². The number of hydrogen-bond donors (Lipinski definition) is 10. The minimum absolute atomic E-state index is 0.0107. The highest BCUT2D eigenvalue weighted by molar-refractivity contribution is 8.10. The lowest BCUT2D eigenvalue weighted by Gasteiger charge is -2.47. The number of fused-ring (bicyclic) bond motifs is 5. The number of thioether (sulfide) groups is 2. The third-order valence-corrected chi connectivity index (χ3v) is 21.7. The summed E-state index contributed by atoms with van der Waals surface area (Å²) < 4.78 is -1.56. The van der Waals surface area contributed by atoms with Gasteiger partial charge in [-0.2, -0.15) is 0 Å². The zero-order valence-electron chi connectivity index (χ0n) is 52.3. The van der Waals surface area contributed by atoms with Crippen molar-refractivity contribution in [2.45, 2.75) is 209 Å². The second-order valence-corrected chi connectivity index (χ2v) is 28.7. The number of amides is 9. The Labute approximate surface area is 525 Å². The van der Waals surface area contributed by atoms with Crippen molar-refractivity contribution < 1.29 is 53.1 Å². The maximum absolute atomic E-state index is 15.1. The van der Waals surface area contributed by atoms with Crippen LogP contribution in [0.5, 0.6) is 0 Å². The van der Waals surface area contributed by atoms with Crippen molar-refractivity contribution in [2.75, 3.05) is 26.2 Å². The Morgan fingerprint density at radius 1 is 0.534 bits per heavy atom. The number of carbonyl (C=O) groups is 10. The number of Topliss-reactive ketones (excluding diaryl/α,β-unsaturated/α-hetero) is 1. The Hall–Kier alpha value is -6.34. The van der Waals surface area contributed by atoms with Gasteiger partial charge in [0.25, 0.3) is 5.91 Å². The van der Waals surface area contributed by atoms with Crippen molar-refractivity contribution >= 4 is 82.5 Å². The van der Waals surface area contributed by atoms with Crippen LogP contribution in [0.4, 0.5) is 0 Å². The molecule has 88 heavy (non-hydrogen) atoms. The summed E-state index contributed by atoms with van der Waals surface area (Å²) >= 11 is 2.77. The van der Waals surface area contributed by atoms with E-state index in [1.54, 1.807) is 65.8 Å². The van der Waals surface area contributed by atoms with Crippen LogP contribution in [0.1, 0.15) is 139 Å². The summed E-state index contributed by atoms with van der Waals surface area (Å²) in [5, 5.41) is 31.2. The first kappa shape index (κ1) is 67.6. The number of carbonyl (C=O) groups excluding carboxylic acids is 10. The summed E-state index contributed by atoms with van der Waals surface area (Å²) in [5.41, 5.74) is 16.7. The average molecular weight is 1250 g/mol. The maximum atomic E-state index is 15.1. The molecule has 1 aromatic carbocycles. The van der Waals surface area contributed by atoms with Crippen LogP contribution in [0.15, 0.2) is 74.6 Å². The lowest BCUT2D eigenvalue weighted by Crippen LogP contribution is -2.62. The molecule has 24 heteroatoms. The van der Waals surface area contributed by atoms with Gasteiger partial charge in [0.1, 0.15) is 48.3 Å². The lowest BCUT2D eigenvalue weighted by molar-refractivity contribution is -0.143. The van der Waals surface area contributed by atoms with Crippen LogP contribution in [0, 0.1) is 17.8 Å². The molecule has 1 aromatic rings. The first-order valence-electron chi connectivity index (χ1n) is 31.4. The molecule has 9 amide bonds. The van der Waals surface area contributed by atoms with Gasteiger partial charge in [0, 0.05) is 19.5 Å². The molecule has 8 rings (SSSR count). The molecule has 3 saturated heterocycles. The van der Waals surface area contributed by atoms with E-state index in [-0.39, 0.29) is 64.1 Å². The molecule has 4 bridgehead atoms. The van der Waals surface area contributed by atoms with Gasteiger partial charge in [-0.25, -0.2) is 0 Å². The van der Waals surface area contributed by atoms with E-state index in [1.165, 1.54) is 40.2 Å². The molecule has 0 spiro atoms. The minimum Gasteiger partial charge on any atom is -0.391 e. The van der Waals surface area contributed by atoms with Gasteiger partial charge >= 0.3 is 0 Å². The van der Waals surface area contributed by atoms with E-state index >= 15 is 4.79 Å². The van der Waals surface area contributed by atoms with Gasteiger partial charge in [-0.05, 0) is 162 Å². The monoisotopic (exact) mass is 1250 g/mol. The van der Waals surface area contributed by atoms with Crippen molar-refractivity contribution in [3.8, 4) is 0 Å². The molecule has 2 aliphatic carbocycles. The number of nitrogens with two attached hydrogens (primary N) is 2. The van der Waals surface area contributed by atoms with Gasteiger partial charge in [0.15, 0.2) is 5.78 Å². The van der Waals surface area contributed by atoms with Gasteiger partial charge in [-0.15, -0.1) is 23.5 Å². The normalized spacial score (nSPS) is 31.2. The Balaban J connectivity index is 1.15. The van der Waals surface area contributed by atoms with Crippen molar-refractivity contribution in [1.29, 1.82) is 0 Å². The van der Waals surface area contributed by atoms with E-state index in [2.05, 4.69) is 51.1 Å². The number of nitrogens with zero attached hydrogens (tertiary/aromatic N) is 2. The molecular weight excluding hydrogens is 1160 g/mol. The Kier molecular flexibility index (Phi) is 22.0. The van der Waals surface area contributed by atoms with E-state index in [0.717, 1.165) is 41.6 Å². The summed E-state index contributed by atoms with van der Waals surface area (Å²) in [5.74, 6) is -7.73. The molecule has 12 N–H and O–H groups in total. The quantitative estimate of drug-likeness (QED) is 0.144. The molecule has 12 atom stereocenters. The topological polar surface area (TPSA) is 334 Å². The largest absolute Gasteiger partial charge is 0.391 e. The standard InChI is InChI=1S/C64H91N11O11S2/c1-33(2)49-60(84)69-44(30-37-18-11-10-12-19-37)61(85)75-29-17-25-46(75)56(80)71-50(34(3)4)58(82)68-43(23-15-27-66)55(79)73-52(36(7)76)62(86)74-28-16-24-45(74)53(77)47-31-40-38-20-13-21-39(38)41-32-48(88-64(41,9)63(40,8)87-47)57(81)72-51(35(5)6)59(83)67-42(22-14-26-65)54(78)70-49/h10-12,18-19,31-36,42-46,49-52,76H,13-17,20-30,65-66H2,1-9H3,(H,67,83)(H,68,82)(H,69,84)(H,70,78)(H,71,80)(H,72,81)(H,73,79)/t36-,42+,43+,44-,45-,46+,49+,50+,51+,52+,63+,64+/m1/s1. The molecule has 0 radical (unpaired) electrons. The zero-order chi connectivity index (χ0) is 64.1. The number of allylic oxidation sites excluding steroid dienone is 4. The van der Waals surface area contributed by atoms with Crippen LogP contribution >= 0.6 is 23.5 Å². The molecule has 22 nitrogen and oxygen atoms in total. The van der Waals surface area contributed by atoms with Crippen LogP contribution in [-0.2, 0) is 54.4 Å². The molecule has 7 aliphatic rings. The van der Waals surface area contributed by atoms with Crippen molar-refractivity contribution in [1.82, 2.24) is 47.0 Å². The first-order valence-corrected chi connectivity index (χ1v) is 33.1. The van der Waals surface area contributed by atoms with Crippen LogP contribution in [0.3, 0.4) is 0 Å². The number of ketones is 1. The molecule has 0 aromatic heterocycles. The number of aliphatic hydroxyl groups is 1. The zero-order valence-corrected chi connectivity index (χ0v) is 53.9. The van der Waals surface area contributed by atoms with Gasteiger partial charge in [0.2, 0.25) is 47.3 Å². The summed E-state index contributed by atoms with van der Waals surface area (Å²) in [6.45, 7) is 16.6. The van der Waals surface area contributed by atoms with Gasteiger partial charge in [-0.3, -0.25) is 47.9 Å². The maximum Gasteiger partial charge on any atom is 0.258 e.